The summed E-state index contributed by atoms with van der Waals surface area (Å²) in [6, 6.07) is 13.2. The molecule has 3 aromatic rings. The molecule has 162 valence electrons. The van der Waals surface area contributed by atoms with Gasteiger partial charge in [0.25, 0.3) is 0 Å². The van der Waals surface area contributed by atoms with E-state index < -0.39 is 5.97 Å². The van der Waals surface area contributed by atoms with Crippen molar-refractivity contribution in [1.82, 2.24) is 0 Å². The van der Waals surface area contributed by atoms with Gasteiger partial charge in [-0.2, -0.15) is 0 Å². The topological polar surface area (TPSA) is 63.2 Å². The zero-order valence-corrected chi connectivity index (χ0v) is 18.2. The molecule has 0 amide bonds. The Balaban J connectivity index is 2.38. The predicted molar refractivity (Wildman–Crippen MR) is 120 cm³/mol. The zero-order chi connectivity index (χ0) is 22.4. The van der Waals surface area contributed by atoms with Crippen LogP contribution in [-0.2, 0) is 17.8 Å². The lowest BCUT2D eigenvalue weighted by atomic mass is 9.95. The standard InChI is InChI=1S/C25H26O6/c1-6-10-17-18(25(26)30-5)13-19-20(27-2)14-21(28-3)24(29-4)22(19)23(17)31-15-16-11-8-7-9-12-16/h6-9,11-14H,1,10,15H2,2-5H3. The molecule has 31 heavy (non-hydrogen) atoms. The van der Waals surface area contributed by atoms with Crippen molar-refractivity contribution in [2.24, 2.45) is 0 Å². The van der Waals surface area contributed by atoms with Gasteiger partial charge in [-0.3, -0.25) is 0 Å². The maximum atomic E-state index is 12.6. The molecule has 0 aliphatic carbocycles. The fourth-order valence-electron chi connectivity index (χ4n) is 3.56. The Kier molecular flexibility index (Phi) is 7.03. The van der Waals surface area contributed by atoms with Crippen molar-refractivity contribution in [2.75, 3.05) is 28.4 Å². The van der Waals surface area contributed by atoms with E-state index in [-0.39, 0.29) is 0 Å². The third-order valence-electron chi connectivity index (χ3n) is 4.99. The van der Waals surface area contributed by atoms with Crippen molar-refractivity contribution in [2.45, 2.75) is 13.0 Å². The Bertz CT molecular complexity index is 1090. The van der Waals surface area contributed by atoms with Gasteiger partial charge >= 0.3 is 5.97 Å². The largest absolute Gasteiger partial charge is 0.496 e. The maximum absolute atomic E-state index is 12.6. The summed E-state index contributed by atoms with van der Waals surface area (Å²) in [5.74, 6) is 1.53. The maximum Gasteiger partial charge on any atom is 0.338 e. The highest BCUT2D eigenvalue weighted by Gasteiger charge is 2.26. The number of fused-ring (bicyclic) bond motifs is 1. The molecule has 3 rings (SSSR count). The molecule has 0 saturated carbocycles. The van der Waals surface area contributed by atoms with E-state index in [1.54, 1.807) is 39.5 Å². The van der Waals surface area contributed by atoms with Crippen molar-refractivity contribution in [3.8, 4) is 23.0 Å². The van der Waals surface area contributed by atoms with E-state index in [1.165, 1.54) is 7.11 Å². The van der Waals surface area contributed by atoms with E-state index in [4.69, 9.17) is 23.7 Å². The summed E-state index contributed by atoms with van der Waals surface area (Å²) in [6.07, 6.45) is 2.11. The van der Waals surface area contributed by atoms with Gasteiger partial charge in [0.1, 0.15) is 18.1 Å². The summed E-state index contributed by atoms with van der Waals surface area (Å²) >= 11 is 0. The van der Waals surface area contributed by atoms with Crippen LogP contribution in [0.2, 0.25) is 0 Å². The zero-order valence-electron chi connectivity index (χ0n) is 18.2. The highest BCUT2D eigenvalue weighted by Crippen LogP contribution is 2.48. The number of carbonyl (C=O) groups excluding carboxylic acids is 1. The Morgan fingerprint density at radius 1 is 0.935 bits per heavy atom. The first kappa shape index (κ1) is 22.0. The van der Waals surface area contributed by atoms with E-state index in [9.17, 15) is 4.79 Å². The normalized spacial score (nSPS) is 10.5. The Morgan fingerprint density at radius 2 is 1.65 bits per heavy atom. The van der Waals surface area contributed by atoms with Gasteiger partial charge in [0.2, 0.25) is 0 Å². The molecule has 0 radical (unpaired) electrons. The lowest BCUT2D eigenvalue weighted by Crippen LogP contribution is -2.10. The van der Waals surface area contributed by atoms with Crippen LogP contribution in [0.25, 0.3) is 10.8 Å². The molecule has 0 aliphatic rings. The van der Waals surface area contributed by atoms with Gasteiger partial charge < -0.3 is 23.7 Å². The lowest BCUT2D eigenvalue weighted by Gasteiger charge is -2.21. The molecule has 0 heterocycles. The van der Waals surface area contributed by atoms with Crippen molar-refractivity contribution in [1.29, 1.82) is 0 Å². The fourth-order valence-corrected chi connectivity index (χ4v) is 3.56. The van der Waals surface area contributed by atoms with E-state index in [0.29, 0.717) is 57.9 Å². The molecule has 0 aliphatic heterocycles. The number of carbonyl (C=O) groups is 1. The highest BCUT2D eigenvalue weighted by molar-refractivity contribution is 6.06. The van der Waals surface area contributed by atoms with E-state index in [1.807, 2.05) is 30.3 Å². The average Bonchev–Trinajstić information content (AvgIpc) is 2.82. The number of esters is 1. The van der Waals surface area contributed by atoms with Crippen LogP contribution < -0.4 is 18.9 Å². The van der Waals surface area contributed by atoms with Crippen molar-refractivity contribution in [3.05, 3.63) is 71.8 Å². The monoisotopic (exact) mass is 422 g/mol. The van der Waals surface area contributed by atoms with Crippen molar-refractivity contribution >= 4 is 16.7 Å². The van der Waals surface area contributed by atoms with E-state index in [0.717, 1.165) is 5.56 Å². The summed E-state index contributed by atoms with van der Waals surface area (Å²) in [4.78, 5) is 12.6. The van der Waals surface area contributed by atoms with Crippen molar-refractivity contribution in [3.63, 3.8) is 0 Å². The Morgan fingerprint density at radius 3 is 2.23 bits per heavy atom. The highest BCUT2D eigenvalue weighted by atomic mass is 16.5. The van der Waals surface area contributed by atoms with Crippen LogP contribution in [0.1, 0.15) is 21.5 Å². The van der Waals surface area contributed by atoms with Crippen LogP contribution in [0, 0.1) is 0 Å². The van der Waals surface area contributed by atoms with Crippen molar-refractivity contribution < 1.29 is 28.5 Å². The molecule has 0 aromatic heterocycles. The van der Waals surface area contributed by atoms with Crippen LogP contribution >= 0.6 is 0 Å². The quantitative estimate of drug-likeness (QED) is 0.359. The van der Waals surface area contributed by atoms with Gasteiger partial charge in [0.05, 0.1) is 39.4 Å². The minimum absolute atomic E-state index is 0.299. The van der Waals surface area contributed by atoms with Gasteiger partial charge in [-0.1, -0.05) is 36.4 Å². The number of methoxy groups -OCH3 is 4. The first-order chi connectivity index (χ1) is 15.1. The third-order valence-corrected chi connectivity index (χ3v) is 4.99. The number of hydrogen-bond donors (Lipinski definition) is 0. The van der Waals surface area contributed by atoms with E-state index in [2.05, 4.69) is 6.58 Å². The SMILES string of the molecule is C=CCc1c(C(=O)OC)cc2c(OC)cc(OC)c(OC)c2c1OCc1ccccc1. The second-order valence-corrected chi connectivity index (χ2v) is 6.73. The van der Waals surface area contributed by atoms with Gasteiger partial charge in [0, 0.05) is 17.0 Å². The van der Waals surface area contributed by atoms with Gasteiger partial charge in [-0.05, 0) is 18.1 Å². The molecular formula is C25H26O6. The molecule has 6 heteroatoms. The van der Waals surface area contributed by atoms with Gasteiger partial charge in [-0.25, -0.2) is 4.79 Å². The predicted octanol–water partition coefficient (Wildman–Crippen LogP) is 4.96. The van der Waals surface area contributed by atoms with Crippen LogP contribution in [0.5, 0.6) is 23.0 Å². The summed E-state index contributed by atoms with van der Waals surface area (Å²) < 4.78 is 28.2. The smallest absolute Gasteiger partial charge is 0.338 e. The average molecular weight is 422 g/mol. The van der Waals surface area contributed by atoms with Gasteiger partial charge in [0.15, 0.2) is 11.5 Å². The molecular weight excluding hydrogens is 396 g/mol. The molecule has 0 spiro atoms. The molecule has 0 fully saturated rings. The minimum Gasteiger partial charge on any atom is -0.496 e. The second kappa shape index (κ2) is 9.89. The molecule has 0 atom stereocenters. The molecule has 3 aromatic carbocycles. The van der Waals surface area contributed by atoms with E-state index >= 15 is 0 Å². The molecule has 0 unspecified atom stereocenters. The first-order valence-corrected chi connectivity index (χ1v) is 9.74. The van der Waals surface area contributed by atoms with Crippen LogP contribution in [0.15, 0.2) is 55.1 Å². The summed E-state index contributed by atoms with van der Waals surface area (Å²) in [6.45, 7) is 4.14. The van der Waals surface area contributed by atoms with Gasteiger partial charge in [-0.15, -0.1) is 6.58 Å². The fraction of sp³-hybridized carbons (Fsp3) is 0.240. The van der Waals surface area contributed by atoms with Crippen LogP contribution in [-0.4, -0.2) is 34.4 Å². The Labute approximate surface area is 181 Å². The molecule has 0 saturated heterocycles. The number of rotatable bonds is 9. The summed E-state index contributed by atoms with van der Waals surface area (Å²) in [5, 5.41) is 1.30. The molecule has 0 N–H and O–H groups in total. The number of benzene rings is 3. The minimum atomic E-state index is -0.472. The summed E-state index contributed by atoms with van der Waals surface area (Å²) in [5.41, 5.74) is 2.01. The van der Waals surface area contributed by atoms with Crippen LogP contribution in [0.4, 0.5) is 0 Å². The van der Waals surface area contributed by atoms with Crippen LogP contribution in [0.3, 0.4) is 0 Å². The lowest BCUT2D eigenvalue weighted by molar-refractivity contribution is 0.0599. The molecule has 6 nitrogen and oxygen atoms in total. The first-order valence-electron chi connectivity index (χ1n) is 9.74. The second-order valence-electron chi connectivity index (χ2n) is 6.73. The number of allylic oxidation sites excluding steroid dienone is 1. The molecule has 0 bridgehead atoms. The number of hydrogen-bond acceptors (Lipinski definition) is 6. The number of ether oxygens (including phenoxy) is 5. The summed E-state index contributed by atoms with van der Waals surface area (Å²) in [7, 11) is 6.02. The Hall–Kier alpha value is -3.67. The third kappa shape index (κ3) is 4.28.